The fourth-order valence-electron chi connectivity index (χ4n) is 3.64. The quantitative estimate of drug-likeness (QED) is 0.885. The molecule has 1 aromatic rings. The van der Waals surface area contributed by atoms with Crippen molar-refractivity contribution in [1.29, 1.82) is 0 Å². The third kappa shape index (κ3) is 2.12. The van der Waals surface area contributed by atoms with Crippen molar-refractivity contribution in [3.63, 3.8) is 0 Å². The Balaban J connectivity index is 1.93. The SMILES string of the molecule is CNC1CC2CCC(C1)N2c1cc(F)c(C)cc1F. The molecule has 4 heteroatoms. The van der Waals surface area contributed by atoms with Gasteiger partial charge in [0.1, 0.15) is 11.6 Å². The Hall–Kier alpha value is -1.16. The van der Waals surface area contributed by atoms with Crippen molar-refractivity contribution >= 4 is 5.69 Å². The first-order valence-corrected chi connectivity index (χ1v) is 7.01. The zero-order valence-corrected chi connectivity index (χ0v) is 11.4. The highest BCUT2D eigenvalue weighted by molar-refractivity contribution is 5.53. The second-order valence-corrected chi connectivity index (χ2v) is 5.80. The lowest BCUT2D eigenvalue weighted by Gasteiger charge is -2.40. The number of fused-ring (bicyclic) bond motifs is 2. The Kier molecular flexibility index (Phi) is 3.21. The largest absolute Gasteiger partial charge is 0.363 e. The molecule has 0 aliphatic carbocycles. The van der Waals surface area contributed by atoms with Crippen molar-refractivity contribution in [3.05, 3.63) is 29.3 Å². The van der Waals surface area contributed by atoms with Crippen LogP contribution in [0.15, 0.2) is 12.1 Å². The van der Waals surface area contributed by atoms with Gasteiger partial charge in [-0.25, -0.2) is 8.78 Å². The van der Waals surface area contributed by atoms with E-state index in [-0.39, 0.29) is 11.6 Å². The van der Waals surface area contributed by atoms with E-state index in [0.29, 0.717) is 29.4 Å². The van der Waals surface area contributed by atoms with Crippen molar-refractivity contribution in [3.8, 4) is 0 Å². The van der Waals surface area contributed by atoms with Crippen LogP contribution in [-0.4, -0.2) is 25.2 Å². The summed E-state index contributed by atoms with van der Waals surface area (Å²) in [6.45, 7) is 1.60. The number of anilines is 1. The van der Waals surface area contributed by atoms with Gasteiger partial charge in [-0.2, -0.15) is 0 Å². The molecule has 0 radical (unpaired) electrons. The number of piperidine rings is 1. The second-order valence-electron chi connectivity index (χ2n) is 5.80. The molecule has 19 heavy (non-hydrogen) atoms. The van der Waals surface area contributed by atoms with E-state index in [4.69, 9.17) is 0 Å². The van der Waals surface area contributed by atoms with Gasteiger partial charge in [0, 0.05) is 24.2 Å². The zero-order chi connectivity index (χ0) is 13.6. The first-order chi connectivity index (χ1) is 9.10. The van der Waals surface area contributed by atoms with Gasteiger partial charge in [0.25, 0.3) is 0 Å². The molecule has 2 atom stereocenters. The van der Waals surface area contributed by atoms with Crippen molar-refractivity contribution in [2.75, 3.05) is 11.9 Å². The van der Waals surface area contributed by atoms with E-state index in [0.717, 1.165) is 25.7 Å². The number of hydrogen-bond acceptors (Lipinski definition) is 2. The van der Waals surface area contributed by atoms with Crippen LogP contribution >= 0.6 is 0 Å². The Morgan fingerprint density at radius 3 is 2.32 bits per heavy atom. The highest BCUT2D eigenvalue weighted by Crippen LogP contribution is 2.40. The third-order valence-corrected chi connectivity index (χ3v) is 4.65. The Morgan fingerprint density at radius 1 is 1.11 bits per heavy atom. The van der Waals surface area contributed by atoms with Crippen LogP contribution in [0.25, 0.3) is 0 Å². The predicted molar refractivity (Wildman–Crippen MR) is 72.5 cm³/mol. The molecule has 104 valence electrons. The molecular weight excluding hydrogens is 246 g/mol. The molecule has 2 aliphatic heterocycles. The predicted octanol–water partition coefficient (Wildman–Crippen LogP) is 2.99. The number of rotatable bonds is 2. The normalized spacial score (nSPS) is 29.9. The van der Waals surface area contributed by atoms with Crippen LogP contribution in [0.1, 0.15) is 31.2 Å². The number of benzene rings is 1. The van der Waals surface area contributed by atoms with Gasteiger partial charge in [0.15, 0.2) is 0 Å². The van der Waals surface area contributed by atoms with Crippen LogP contribution in [0.5, 0.6) is 0 Å². The van der Waals surface area contributed by atoms with Crippen molar-refractivity contribution in [1.82, 2.24) is 5.32 Å². The molecular formula is C15H20F2N2. The summed E-state index contributed by atoms with van der Waals surface area (Å²) in [7, 11) is 1.98. The third-order valence-electron chi connectivity index (χ3n) is 4.65. The maximum Gasteiger partial charge on any atom is 0.146 e. The van der Waals surface area contributed by atoms with Crippen molar-refractivity contribution < 1.29 is 8.78 Å². The van der Waals surface area contributed by atoms with E-state index in [2.05, 4.69) is 10.2 Å². The molecule has 2 nitrogen and oxygen atoms in total. The van der Waals surface area contributed by atoms with E-state index in [1.54, 1.807) is 6.92 Å². The van der Waals surface area contributed by atoms with Gasteiger partial charge in [-0.05, 0) is 51.3 Å². The lowest BCUT2D eigenvalue weighted by Crippen LogP contribution is -2.48. The monoisotopic (exact) mass is 266 g/mol. The topological polar surface area (TPSA) is 15.3 Å². The van der Waals surface area contributed by atoms with Gasteiger partial charge in [-0.3, -0.25) is 0 Å². The Bertz CT molecular complexity index is 475. The van der Waals surface area contributed by atoms with E-state index in [9.17, 15) is 8.78 Å². The smallest absolute Gasteiger partial charge is 0.146 e. The molecule has 2 fully saturated rings. The fourth-order valence-corrected chi connectivity index (χ4v) is 3.64. The number of aryl methyl sites for hydroxylation is 1. The summed E-state index contributed by atoms with van der Waals surface area (Å²) in [6.07, 6.45) is 4.19. The maximum atomic E-state index is 14.1. The summed E-state index contributed by atoms with van der Waals surface area (Å²) < 4.78 is 27.9. The van der Waals surface area contributed by atoms with Gasteiger partial charge >= 0.3 is 0 Å². The lowest BCUT2D eigenvalue weighted by atomic mass is 9.96. The molecule has 3 rings (SSSR count). The maximum absolute atomic E-state index is 14.1. The average molecular weight is 266 g/mol. The molecule has 0 spiro atoms. The van der Waals surface area contributed by atoms with Gasteiger partial charge in [0.2, 0.25) is 0 Å². The molecule has 0 saturated carbocycles. The minimum atomic E-state index is -0.313. The summed E-state index contributed by atoms with van der Waals surface area (Å²) in [5, 5.41) is 3.32. The number of nitrogens with zero attached hydrogens (tertiary/aromatic N) is 1. The average Bonchev–Trinajstić information content (AvgIpc) is 2.64. The van der Waals surface area contributed by atoms with Crippen LogP contribution in [-0.2, 0) is 0 Å². The minimum absolute atomic E-state index is 0.293. The molecule has 0 aromatic heterocycles. The van der Waals surface area contributed by atoms with Crippen LogP contribution in [0.3, 0.4) is 0 Å². The van der Waals surface area contributed by atoms with E-state index >= 15 is 0 Å². The molecule has 2 unspecified atom stereocenters. The summed E-state index contributed by atoms with van der Waals surface area (Å²) in [6, 6.07) is 3.87. The summed E-state index contributed by atoms with van der Waals surface area (Å²) >= 11 is 0. The molecule has 0 amide bonds. The van der Waals surface area contributed by atoms with Crippen molar-refractivity contribution in [2.45, 2.75) is 50.7 Å². The van der Waals surface area contributed by atoms with Gasteiger partial charge in [0.05, 0.1) is 5.69 Å². The van der Waals surface area contributed by atoms with Gasteiger partial charge in [-0.1, -0.05) is 0 Å². The van der Waals surface area contributed by atoms with E-state index in [1.165, 1.54) is 12.1 Å². The van der Waals surface area contributed by atoms with Crippen LogP contribution < -0.4 is 10.2 Å². The molecule has 2 saturated heterocycles. The van der Waals surface area contributed by atoms with Gasteiger partial charge in [-0.15, -0.1) is 0 Å². The molecule has 1 aromatic carbocycles. The lowest BCUT2D eigenvalue weighted by molar-refractivity contribution is 0.370. The molecule has 2 bridgehead atoms. The fraction of sp³-hybridized carbons (Fsp3) is 0.600. The molecule has 1 N–H and O–H groups in total. The van der Waals surface area contributed by atoms with Crippen LogP contribution in [0, 0.1) is 18.6 Å². The van der Waals surface area contributed by atoms with E-state index in [1.807, 2.05) is 7.05 Å². The Morgan fingerprint density at radius 2 is 1.74 bits per heavy atom. The molecule has 2 aliphatic rings. The minimum Gasteiger partial charge on any atom is -0.363 e. The zero-order valence-electron chi connectivity index (χ0n) is 11.4. The standard InChI is InChI=1S/C15H20F2N2/c1-9-5-14(17)15(8-13(9)16)19-11-3-4-12(19)7-10(6-11)18-2/h5,8,10-12,18H,3-4,6-7H2,1-2H3. The van der Waals surface area contributed by atoms with Crippen LogP contribution in [0.2, 0.25) is 0 Å². The van der Waals surface area contributed by atoms with Crippen molar-refractivity contribution in [2.24, 2.45) is 0 Å². The van der Waals surface area contributed by atoms with E-state index < -0.39 is 0 Å². The highest BCUT2D eigenvalue weighted by atomic mass is 19.1. The number of hydrogen-bond donors (Lipinski definition) is 1. The van der Waals surface area contributed by atoms with Gasteiger partial charge < -0.3 is 10.2 Å². The summed E-state index contributed by atoms with van der Waals surface area (Å²) in [5.41, 5.74) is 0.823. The first kappa shape index (κ1) is 12.9. The summed E-state index contributed by atoms with van der Waals surface area (Å²) in [5.74, 6) is -0.606. The molecule has 2 heterocycles. The number of nitrogens with one attached hydrogen (secondary N) is 1. The highest BCUT2D eigenvalue weighted by Gasteiger charge is 2.41. The first-order valence-electron chi connectivity index (χ1n) is 7.01. The van der Waals surface area contributed by atoms with Crippen LogP contribution in [0.4, 0.5) is 14.5 Å². The summed E-state index contributed by atoms with van der Waals surface area (Å²) in [4.78, 5) is 2.12. The Labute approximate surface area is 112 Å². The number of halogens is 2. The second kappa shape index (κ2) is 4.75.